The molecule has 0 N–H and O–H groups in total. The molecule has 138 valence electrons. The highest BCUT2D eigenvalue weighted by molar-refractivity contribution is 7.13. The maximum atomic E-state index is 13.0. The number of benzene rings is 1. The van der Waals surface area contributed by atoms with E-state index in [0.717, 1.165) is 21.7 Å². The molecule has 0 radical (unpaired) electrons. The van der Waals surface area contributed by atoms with E-state index in [1.165, 1.54) is 11.3 Å². The summed E-state index contributed by atoms with van der Waals surface area (Å²) in [7, 11) is 1.58. The van der Waals surface area contributed by atoms with Gasteiger partial charge in [0.05, 0.1) is 17.6 Å². The molecule has 0 bridgehead atoms. The molecule has 2 amide bonds. The summed E-state index contributed by atoms with van der Waals surface area (Å²) >= 11 is 1.52. The van der Waals surface area contributed by atoms with Gasteiger partial charge in [-0.15, -0.1) is 11.3 Å². The van der Waals surface area contributed by atoms with Crippen LogP contribution in [0.25, 0.3) is 0 Å². The summed E-state index contributed by atoms with van der Waals surface area (Å²) in [6.45, 7) is 6.32. The van der Waals surface area contributed by atoms with Crippen LogP contribution in [-0.2, 0) is 0 Å². The maximum absolute atomic E-state index is 13.0. The van der Waals surface area contributed by atoms with Crippen LogP contribution in [0.4, 0.5) is 0 Å². The molecular formula is C20H24N2O3S. The van der Waals surface area contributed by atoms with E-state index in [1.54, 1.807) is 7.11 Å². The molecule has 26 heavy (non-hydrogen) atoms. The Kier molecular flexibility index (Phi) is 5.61. The number of carbonyl (C=O) groups excluding carboxylic acids is 2. The Morgan fingerprint density at radius 2 is 1.65 bits per heavy atom. The predicted octanol–water partition coefficient (Wildman–Crippen LogP) is 3.36. The molecule has 0 atom stereocenters. The van der Waals surface area contributed by atoms with Gasteiger partial charge in [0.2, 0.25) is 0 Å². The van der Waals surface area contributed by atoms with Crippen molar-refractivity contribution >= 4 is 23.2 Å². The highest BCUT2D eigenvalue weighted by Gasteiger charge is 2.26. The second kappa shape index (κ2) is 7.91. The summed E-state index contributed by atoms with van der Waals surface area (Å²) in [5.74, 6) is 0.633. The van der Waals surface area contributed by atoms with Crippen molar-refractivity contribution in [2.24, 2.45) is 0 Å². The number of ether oxygens (including phenoxy) is 1. The van der Waals surface area contributed by atoms with Gasteiger partial charge in [0.1, 0.15) is 5.75 Å². The first kappa shape index (κ1) is 18.5. The Morgan fingerprint density at radius 3 is 2.27 bits per heavy atom. The van der Waals surface area contributed by atoms with Crippen molar-refractivity contribution in [3.8, 4) is 5.75 Å². The smallest absolute Gasteiger partial charge is 0.263 e. The Morgan fingerprint density at radius 1 is 0.962 bits per heavy atom. The van der Waals surface area contributed by atoms with Crippen molar-refractivity contribution in [3.63, 3.8) is 0 Å². The molecule has 5 nitrogen and oxygen atoms in total. The second-order valence-electron chi connectivity index (χ2n) is 6.50. The lowest BCUT2D eigenvalue weighted by atomic mass is 10.1. The first-order chi connectivity index (χ1) is 12.5. The Balaban J connectivity index is 1.73. The van der Waals surface area contributed by atoms with Gasteiger partial charge in [-0.25, -0.2) is 0 Å². The molecular weight excluding hydrogens is 348 g/mol. The zero-order chi connectivity index (χ0) is 18.7. The number of rotatable bonds is 3. The predicted molar refractivity (Wildman–Crippen MR) is 103 cm³/mol. The van der Waals surface area contributed by atoms with Gasteiger partial charge in [0.25, 0.3) is 11.8 Å². The Labute approximate surface area is 158 Å². The van der Waals surface area contributed by atoms with Crippen LogP contribution in [0.3, 0.4) is 0 Å². The SMILES string of the molecule is COc1cccc(C)c1C(=O)N1CCCN(C(=O)c2ccc(C)s2)CC1. The van der Waals surface area contributed by atoms with E-state index < -0.39 is 0 Å². The lowest BCUT2D eigenvalue weighted by Crippen LogP contribution is -2.37. The molecule has 2 aromatic rings. The highest BCUT2D eigenvalue weighted by Crippen LogP contribution is 2.24. The van der Waals surface area contributed by atoms with E-state index in [9.17, 15) is 9.59 Å². The van der Waals surface area contributed by atoms with Gasteiger partial charge in [-0.2, -0.15) is 0 Å². The van der Waals surface area contributed by atoms with Crippen molar-refractivity contribution in [1.29, 1.82) is 0 Å². The largest absolute Gasteiger partial charge is 0.496 e. The third kappa shape index (κ3) is 3.75. The van der Waals surface area contributed by atoms with E-state index in [2.05, 4.69) is 0 Å². The molecule has 1 fully saturated rings. The van der Waals surface area contributed by atoms with Crippen LogP contribution < -0.4 is 4.74 Å². The fourth-order valence-electron chi connectivity index (χ4n) is 3.27. The molecule has 0 aliphatic carbocycles. The molecule has 0 spiro atoms. The summed E-state index contributed by atoms with van der Waals surface area (Å²) < 4.78 is 5.38. The van der Waals surface area contributed by atoms with Gasteiger partial charge in [0, 0.05) is 31.1 Å². The molecule has 1 aliphatic heterocycles. The van der Waals surface area contributed by atoms with E-state index >= 15 is 0 Å². The molecule has 0 unspecified atom stereocenters. The van der Waals surface area contributed by atoms with Crippen LogP contribution in [0.2, 0.25) is 0 Å². The highest BCUT2D eigenvalue weighted by atomic mass is 32.1. The molecule has 3 rings (SSSR count). The molecule has 1 aliphatic rings. The average molecular weight is 372 g/mol. The minimum absolute atomic E-state index is 0.0267. The number of aryl methyl sites for hydroxylation is 2. The fraction of sp³-hybridized carbons (Fsp3) is 0.400. The summed E-state index contributed by atoms with van der Waals surface area (Å²) in [6.07, 6.45) is 0.774. The monoisotopic (exact) mass is 372 g/mol. The van der Waals surface area contributed by atoms with Crippen molar-refractivity contribution in [2.75, 3.05) is 33.3 Å². The summed E-state index contributed by atoms with van der Waals surface area (Å²) in [5.41, 5.74) is 1.52. The van der Waals surface area contributed by atoms with Crippen molar-refractivity contribution < 1.29 is 14.3 Å². The standard InChI is InChI=1S/C20H24N2O3S/c1-14-6-4-7-16(25-3)18(14)20(24)22-11-5-10-21(12-13-22)19(23)17-9-8-15(2)26-17/h4,6-9H,5,10-13H2,1-3H3. The molecule has 1 aromatic carbocycles. The number of methoxy groups -OCH3 is 1. The van der Waals surface area contributed by atoms with Crippen LogP contribution in [0.1, 0.15) is 36.9 Å². The molecule has 2 heterocycles. The van der Waals surface area contributed by atoms with Gasteiger partial charge in [-0.05, 0) is 44.0 Å². The van der Waals surface area contributed by atoms with Crippen molar-refractivity contribution in [3.05, 3.63) is 51.2 Å². The fourth-order valence-corrected chi connectivity index (χ4v) is 4.11. The average Bonchev–Trinajstić information content (AvgIpc) is 2.92. The second-order valence-corrected chi connectivity index (χ2v) is 7.79. The number of hydrogen-bond donors (Lipinski definition) is 0. The van der Waals surface area contributed by atoms with Gasteiger partial charge < -0.3 is 14.5 Å². The zero-order valence-corrected chi connectivity index (χ0v) is 16.3. The first-order valence-electron chi connectivity index (χ1n) is 8.80. The quantitative estimate of drug-likeness (QED) is 0.830. The summed E-state index contributed by atoms with van der Waals surface area (Å²) in [4.78, 5) is 31.3. The summed E-state index contributed by atoms with van der Waals surface area (Å²) in [5, 5.41) is 0. The summed E-state index contributed by atoms with van der Waals surface area (Å²) in [6, 6.07) is 9.47. The van der Waals surface area contributed by atoms with Gasteiger partial charge in [-0.1, -0.05) is 12.1 Å². The van der Waals surface area contributed by atoms with E-state index in [4.69, 9.17) is 4.74 Å². The Hall–Kier alpha value is -2.34. The van der Waals surface area contributed by atoms with Crippen LogP contribution in [0.15, 0.2) is 30.3 Å². The van der Waals surface area contributed by atoms with E-state index in [-0.39, 0.29) is 11.8 Å². The molecule has 6 heteroatoms. The lowest BCUT2D eigenvalue weighted by molar-refractivity contribution is 0.0718. The minimum atomic E-state index is -0.0267. The third-order valence-electron chi connectivity index (χ3n) is 4.69. The van der Waals surface area contributed by atoms with Gasteiger partial charge >= 0.3 is 0 Å². The Bertz CT molecular complexity index is 815. The minimum Gasteiger partial charge on any atom is -0.496 e. The lowest BCUT2D eigenvalue weighted by Gasteiger charge is -2.23. The maximum Gasteiger partial charge on any atom is 0.263 e. The number of thiophene rings is 1. The van der Waals surface area contributed by atoms with E-state index in [0.29, 0.717) is 37.5 Å². The number of amides is 2. The van der Waals surface area contributed by atoms with Crippen LogP contribution >= 0.6 is 11.3 Å². The van der Waals surface area contributed by atoms with E-state index in [1.807, 2.05) is 54.0 Å². The topological polar surface area (TPSA) is 49.9 Å². The molecule has 1 saturated heterocycles. The number of nitrogens with zero attached hydrogens (tertiary/aromatic N) is 2. The third-order valence-corrected chi connectivity index (χ3v) is 5.68. The van der Waals surface area contributed by atoms with Gasteiger partial charge in [0.15, 0.2) is 0 Å². The van der Waals surface area contributed by atoms with Gasteiger partial charge in [-0.3, -0.25) is 9.59 Å². The number of carbonyl (C=O) groups is 2. The molecule has 1 aromatic heterocycles. The van der Waals surface area contributed by atoms with Crippen molar-refractivity contribution in [2.45, 2.75) is 20.3 Å². The first-order valence-corrected chi connectivity index (χ1v) is 9.61. The normalized spacial score (nSPS) is 14.9. The van der Waals surface area contributed by atoms with Crippen LogP contribution in [0, 0.1) is 13.8 Å². The van der Waals surface area contributed by atoms with Crippen molar-refractivity contribution in [1.82, 2.24) is 9.80 Å². The van der Waals surface area contributed by atoms with Crippen LogP contribution in [0.5, 0.6) is 5.75 Å². The number of hydrogen-bond acceptors (Lipinski definition) is 4. The molecule has 0 saturated carbocycles. The zero-order valence-electron chi connectivity index (χ0n) is 15.4. The van der Waals surface area contributed by atoms with Crippen LogP contribution in [-0.4, -0.2) is 54.9 Å².